The summed E-state index contributed by atoms with van der Waals surface area (Å²) in [6.45, 7) is 1.93. The lowest BCUT2D eigenvalue weighted by atomic mass is 10.00. The highest BCUT2D eigenvalue weighted by molar-refractivity contribution is 5.84. The van der Waals surface area contributed by atoms with E-state index in [9.17, 15) is 14.3 Å². The molecule has 1 saturated heterocycles. The summed E-state index contributed by atoms with van der Waals surface area (Å²) in [5.74, 6) is -6.23. The third-order valence-electron chi connectivity index (χ3n) is 6.28. The summed E-state index contributed by atoms with van der Waals surface area (Å²) in [5.41, 5.74) is -0.344. The molecule has 2 aliphatic rings. The van der Waals surface area contributed by atoms with Crippen molar-refractivity contribution in [3.63, 3.8) is 0 Å². The second kappa shape index (κ2) is 9.38. The Kier molecular flexibility index (Phi) is 6.28. The fraction of sp³-hybridized carbons (Fsp3) is 0.417. The van der Waals surface area contributed by atoms with Crippen LogP contribution in [0.25, 0.3) is 5.65 Å². The Labute approximate surface area is 199 Å². The van der Waals surface area contributed by atoms with Gasteiger partial charge >= 0.3 is 5.92 Å². The number of ether oxygens (including phenoxy) is 2. The van der Waals surface area contributed by atoms with Crippen LogP contribution < -0.4 is 14.8 Å². The number of benzene rings is 1. The number of rotatable bonds is 7. The van der Waals surface area contributed by atoms with Crippen molar-refractivity contribution in [1.82, 2.24) is 19.6 Å². The third kappa shape index (κ3) is 4.65. The summed E-state index contributed by atoms with van der Waals surface area (Å²) in [6, 6.07) is 6.21. The van der Waals surface area contributed by atoms with E-state index in [1.807, 2.05) is 4.90 Å². The standard InChI is InChI=1S/C24H25F3N4O4/c25-16-11-15(12-18-22(16)35-10-9-34-18)21(32)17(13-30-6-3-4-7-30)28-23(33)24(26,27)19-14-31-8-2-1-5-20(31)29-19/h1-2,5,8,11-12,14,17,21,32H,3-4,6-7,9-10,13H2,(H,28,33). The molecule has 1 fully saturated rings. The van der Waals surface area contributed by atoms with Gasteiger partial charge in [0.2, 0.25) is 0 Å². The Morgan fingerprint density at radius 1 is 1.20 bits per heavy atom. The van der Waals surface area contributed by atoms with Crippen LogP contribution >= 0.6 is 0 Å². The Morgan fingerprint density at radius 3 is 2.74 bits per heavy atom. The van der Waals surface area contributed by atoms with Crippen molar-refractivity contribution in [3.05, 3.63) is 59.8 Å². The van der Waals surface area contributed by atoms with Crippen LogP contribution in [0.3, 0.4) is 0 Å². The number of alkyl halides is 2. The highest BCUT2D eigenvalue weighted by Crippen LogP contribution is 2.37. The molecular formula is C24H25F3N4O4. The van der Waals surface area contributed by atoms with E-state index in [1.165, 1.54) is 10.5 Å². The first-order valence-electron chi connectivity index (χ1n) is 11.5. The molecule has 0 aliphatic carbocycles. The number of carbonyl (C=O) groups excluding carboxylic acids is 1. The van der Waals surface area contributed by atoms with Gasteiger partial charge in [-0.25, -0.2) is 9.37 Å². The Hall–Kier alpha value is -3.31. The van der Waals surface area contributed by atoms with Gasteiger partial charge in [-0.15, -0.1) is 0 Å². The first-order chi connectivity index (χ1) is 16.8. The number of imidazole rings is 1. The normalized spacial score (nSPS) is 17.9. The molecule has 0 spiro atoms. The Bertz CT molecular complexity index is 1200. The fourth-order valence-corrected chi connectivity index (χ4v) is 4.46. The van der Waals surface area contributed by atoms with Gasteiger partial charge in [0.15, 0.2) is 17.3 Å². The van der Waals surface area contributed by atoms with Crippen molar-refractivity contribution >= 4 is 11.6 Å². The zero-order valence-corrected chi connectivity index (χ0v) is 18.8. The lowest BCUT2D eigenvalue weighted by Gasteiger charge is -2.30. The average Bonchev–Trinajstić information content (AvgIpc) is 3.53. The Balaban J connectivity index is 1.41. The highest BCUT2D eigenvalue weighted by atomic mass is 19.3. The minimum absolute atomic E-state index is 0.0642. The fourth-order valence-electron chi connectivity index (χ4n) is 4.46. The van der Waals surface area contributed by atoms with Crippen LogP contribution in [0.2, 0.25) is 0 Å². The van der Waals surface area contributed by atoms with Gasteiger partial charge < -0.3 is 29.2 Å². The SMILES string of the molecule is O=C(NC(CN1CCCC1)C(O)c1cc(F)c2c(c1)OCCO2)C(F)(F)c1cn2ccccc2n1. The number of aliphatic hydroxyl groups excluding tert-OH is 1. The molecule has 2 aromatic heterocycles. The minimum Gasteiger partial charge on any atom is -0.486 e. The maximum atomic E-state index is 15.1. The first kappa shape index (κ1) is 23.4. The number of carbonyl (C=O) groups is 1. The van der Waals surface area contributed by atoms with Crippen LogP contribution in [0.15, 0.2) is 42.7 Å². The van der Waals surface area contributed by atoms with Crippen LogP contribution in [0.1, 0.15) is 30.2 Å². The first-order valence-corrected chi connectivity index (χ1v) is 11.5. The molecule has 1 aromatic carbocycles. The van der Waals surface area contributed by atoms with E-state index in [1.54, 1.807) is 24.4 Å². The number of fused-ring (bicyclic) bond motifs is 2. The summed E-state index contributed by atoms with van der Waals surface area (Å²) in [4.78, 5) is 18.6. The molecule has 0 radical (unpaired) electrons. The molecule has 8 nitrogen and oxygen atoms in total. The number of amides is 1. The number of halogens is 3. The lowest BCUT2D eigenvalue weighted by molar-refractivity contribution is -0.149. The molecule has 3 aromatic rings. The van der Waals surface area contributed by atoms with Gasteiger partial charge in [-0.05, 0) is 55.8 Å². The number of aromatic nitrogens is 2. The number of pyridine rings is 1. The summed E-state index contributed by atoms with van der Waals surface area (Å²) in [6.07, 6.45) is 3.02. The van der Waals surface area contributed by atoms with Crippen molar-refractivity contribution in [2.45, 2.75) is 30.9 Å². The molecular weight excluding hydrogens is 465 g/mol. The molecule has 0 bridgehead atoms. The summed E-state index contributed by atoms with van der Waals surface area (Å²) < 4.78 is 57.0. The zero-order valence-electron chi connectivity index (χ0n) is 18.8. The number of nitrogens with one attached hydrogen (secondary N) is 1. The van der Waals surface area contributed by atoms with Gasteiger partial charge in [0.1, 0.15) is 30.7 Å². The summed E-state index contributed by atoms with van der Waals surface area (Å²) in [7, 11) is 0. The van der Waals surface area contributed by atoms with Crippen LogP contribution in [-0.2, 0) is 10.7 Å². The number of hydrogen-bond donors (Lipinski definition) is 2. The van der Waals surface area contributed by atoms with Crippen LogP contribution in [0, 0.1) is 5.82 Å². The molecule has 186 valence electrons. The van der Waals surface area contributed by atoms with Gasteiger partial charge in [-0.1, -0.05) is 6.07 Å². The smallest absolute Gasteiger partial charge is 0.367 e. The average molecular weight is 490 g/mol. The predicted octanol–water partition coefficient (Wildman–Crippen LogP) is 2.65. The maximum absolute atomic E-state index is 15.1. The van der Waals surface area contributed by atoms with Crippen LogP contribution in [-0.4, -0.2) is 64.2 Å². The Morgan fingerprint density at radius 2 is 1.97 bits per heavy atom. The van der Waals surface area contributed by atoms with E-state index < -0.39 is 35.5 Å². The number of hydrogen-bond acceptors (Lipinski definition) is 6. The van der Waals surface area contributed by atoms with Gasteiger partial charge in [-0.3, -0.25) is 4.79 Å². The quantitative estimate of drug-likeness (QED) is 0.530. The third-order valence-corrected chi connectivity index (χ3v) is 6.28. The van der Waals surface area contributed by atoms with Crippen LogP contribution in [0.4, 0.5) is 13.2 Å². The highest BCUT2D eigenvalue weighted by Gasteiger charge is 2.45. The van der Waals surface area contributed by atoms with E-state index in [0.29, 0.717) is 13.1 Å². The van der Waals surface area contributed by atoms with Crippen molar-refractivity contribution < 1.29 is 32.5 Å². The molecule has 2 N–H and O–H groups in total. The molecule has 0 saturated carbocycles. The maximum Gasteiger partial charge on any atom is 0.367 e. The summed E-state index contributed by atoms with van der Waals surface area (Å²) in [5, 5.41) is 13.4. The largest absolute Gasteiger partial charge is 0.486 e. The van der Waals surface area contributed by atoms with Crippen molar-refractivity contribution in [1.29, 1.82) is 0 Å². The van der Waals surface area contributed by atoms with Crippen LogP contribution in [0.5, 0.6) is 11.5 Å². The topological polar surface area (TPSA) is 88.3 Å². The van der Waals surface area contributed by atoms with Gasteiger partial charge in [-0.2, -0.15) is 8.78 Å². The van der Waals surface area contributed by atoms with E-state index in [4.69, 9.17) is 9.47 Å². The lowest BCUT2D eigenvalue weighted by Crippen LogP contribution is -2.51. The van der Waals surface area contributed by atoms with E-state index >= 15 is 8.78 Å². The second-order valence-electron chi connectivity index (χ2n) is 8.73. The molecule has 1 amide bonds. The predicted molar refractivity (Wildman–Crippen MR) is 119 cm³/mol. The van der Waals surface area contributed by atoms with E-state index in [0.717, 1.165) is 25.1 Å². The molecule has 2 aliphatic heterocycles. The monoisotopic (exact) mass is 490 g/mol. The van der Waals surface area contributed by atoms with Crippen molar-refractivity contribution in [3.8, 4) is 11.5 Å². The van der Waals surface area contributed by atoms with Crippen molar-refractivity contribution in [2.24, 2.45) is 0 Å². The van der Waals surface area contributed by atoms with Gasteiger partial charge in [0.25, 0.3) is 5.91 Å². The molecule has 2 atom stereocenters. The molecule has 35 heavy (non-hydrogen) atoms. The zero-order chi connectivity index (χ0) is 24.6. The van der Waals surface area contributed by atoms with Gasteiger partial charge in [0, 0.05) is 18.9 Å². The van der Waals surface area contributed by atoms with Crippen molar-refractivity contribution in [2.75, 3.05) is 32.8 Å². The molecule has 11 heteroatoms. The molecule has 4 heterocycles. The number of aliphatic hydroxyl groups is 1. The van der Waals surface area contributed by atoms with E-state index in [2.05, 4.69) is 10.3 Å². The number of likely N-dealkylation sites (tertiary alicyclic amines) is 1. The summed E-state index contributed by atoms with van der Waals surface area (Å²) >= 11 is 0. The number of nitrogens with zero attached hydrogens (tertiary/aromatic N) is 3. The molecule has 2 unspecified atom stereocenters. The minimum atomic E-state index is -3.95. The molecule has 5 rings (SSSR count). The van der Waals surface area contributed by atoms with Gasteiger partial charge in [0.05, 0.1) is 6.04 Å². The van der Waals surface area contributed by atoms with E-state index in [-0.39, 0.29) is 42.5 Å². The second-order valence-corrected chi connectivity index (χ2v) is 8.73.